The Kier molecular flexibility index (Phi) is 4.63. The van der Waals surface area contributed by atoms with E-state index in [0.717, 1.165) is 38.2 Å². The highest BCUT2D eigenvalue weighted by atomic mass is 16.5. The van der Waals surface area contributed by atoms with Gasteiger partial charge in [-0.1, -0.05) is 0 Å². The fourth-order valence-electron chi connectivity index (χ4n) is 3.81. The number of hydrogen-bond acceptors (Lipinski definition) is 6. The molecule has 2 atom stereocenters. The van der Waals surface area contributed by atoms with E-state index in [4.69, 9.17) is 9.47 Å². The van der Waals surface area contributed by atoms with Crippen LogP contribution in [0.25, 0.3) is 5.78 Å². The highest BCUT2D eigenvalue weighted by Crippen LogP contribution is 2.30. The van der Waals surface area contributed by atoms with Crippen LogP contribution < -0.4 is 5.32 Å². The van der Waals surface area contributed by atoms with Crippen molar-refractivity contribution in [3.05, 3.63) is 23.8 Å². The van der Waals surface area contributed by atoms with Gasteiger partial charge in [-0.2, -0.15) is 0 Å². The van der Waals surface area contributed by atoms with Gasteiger partial charge in [0.2, 0.25) is 5.82 Å². The quantitative estimate of drug-likeness (QED) is 0.892. The van der Waals surface area contributed by atoms with Crippen LogP contribution in [0.1, 0.15) is 35.6 Å². The van der Waals surface area contributed by atoms with Crippen LogP contribution in [0.15, 0.2) is 12.3 Å². The fourth-order valence-corrected chi connectivity index (χ4v) is 3.81. The van der Waals surface area contributed by atoms with Crippen molar-refractivity contribution >= 4 is 11.7 Å². The largest absolute Gasteiger partial charge is 0.381 e. The zero-order valence-corrected chi connectivity index (χ0v) is 14.4. The molecule has 0 bridgehead atoms. The average Bonchev–Trinajstić information content (AvgIpc) is 3.06. The van der Waals surface area contributed by atoms with Crippen LogP contribution in [0.4, 0.5) is 0 Å². The summed E-state index contributed by atoms with van der Waals surface area (Å²) in [7, 11) is 0. The van der Waals surface area contributed by atoms with Gasteiger partial charge in [0.25, 0.3) is 11.7 Å². The van der Waals surface area contributed by atoms with Gasteiger partial charge in [-0.25, -0.2) is 4.98 Å². The normalized spacial score (nSPS) is 25.2. The molecule has 2 aromatic rings. The molecule has 2 aliphatic rings. The molecule has 0 saturated carbocycles. The minimum atomic E-state index is -0.206. The molecule has 134 valence electrons. The van der Waals surface area contributed by atoms with Crippen molar-refractivity contribution in [1.82, 2.24) is 24.9 Å². The summed E-state index contributed by atoms with van der Waals surface area (Å²) >= 11 is 0. The third kappa shape index (κ3) is 3.36. The average molecular weight is 345 g/mol. The van der Waals surface area contributed by atoms with Crippen molar-refractivity contribution < 1.29 is 14.3 Å². The van der Waals surface area contributed by atoms with E-state index >= 15 is 0 Å². The molecule has 4 heterocycles. The monoisotopic (exact) mass is 345 g/mol. The number of carbonyl (C=O) groups is 1. The number of fused-ring (bicyclic) bond motifs is 1. The van der Waals surface area contributed by atoms with Gasteiger partial charge in [0.15, 0.2) is 0 Å². The van der Waals surface area contributed by atoms with E-state index in [1.165, 1.54) is 0 Å². The summed E-state index contributed by atoms with van der Waals surface area (Å²) in [5.74, 6) is 1.36. The SMILES string of the molecule is Cc1ccn2c(C(=O)N[C@@H]3CCOC[C@@H]3C3CCOCC3)nnc2n1. The molecule has 2 aromatic heterocycles. The van der Waals surface area contributed by atoms with Crippen molar-refractivity contribution in [3.8, 4) is 0 Å². The second-order valence-electron chi connectivity index (χ2n) is 6.82. The molecule has 1 amide bonds. The van der Waals surface area contributed by atoms with Gasteiger partial charge in [0.05, 0.1) is 6.61 Å². The molecule has 8 heteroatoms. The third-order valence-electron chi connectivity index (χ3n) is 5.21. The summed E-state index contributed by atoms with van der Waals surface area (Å²) < 4.78 is 12.8. The number of nitrogens with one attached hydrogen (secondary N) is 1. The first-order valence-corrected chi connectivity index (χ1v) is 8.87. The molecule has 0 aliphatic carbocycles. The Labute approximate surface area is 145 Å². The first-order valence-electron chi connectivity index (χ1n) is 8.87. The Morgan fingerprint density at radius 2 is 2.00 bits per heavy atom. The van der Waals surface area contributed by atoms with Crippen molar-refractivity contribution in [3.63, 3.8) is 0 Å². The fraction of sp³-hybridized carbons (Fsp3) is 0.647. The summed E-state index contributed by atoms with van der Waals surface area (Å²) in [6.07, 6.45) is 4.66. The number of ether oxygens (including phenoxy) is 2. The highest BCUT2D eigenvalue weighted by molar-refractivity contribution is 5.91. The number of hydrogen-bond donors (Lipinski definition) is 1. The van der Waals surface area contributed by atoms with Gasteiger partial charge in [-0.05, 0) is 38.2 Å². The van der Waals surface area contributed by atoms with E-state index in [-0.39, 0.29) is 17.8 Å². The van der Waals surface area contributed by atoms with Crippen LogP contribution in [-0.2, 0) is 9.47 Å². The van der Waals surface area contributed by atoms with Crippen molar-refractivity contribution in [2.24, 2.45) is 11.8 Å². The summed E-state index contributed by atoms with van der Waals surface area (Å²) in [6, 6.07) is 1.93. The van der Waals surface area contributed by atoms with Gasteiger partial charge in [0, 0.05) is 43.7 Å². The van der Waals surface area contributed by atoms with E-state index in [9.17, 15) is 4.79 Å². The second kappa shape index (κ2) is 7.05. The number of carbonyl (C=O) groups excluding carboxylic acids is 1. The van der Waals surface area contributed by atoms with Crippen molar-refractivity contribution in [1.29, 1.82) is 0 Å². The first-order chi connectivity index (χ1) is 12.2. The number of nitrogens with zero attached hydrogens (tertiary/aromatic N) is 4. The van der Waals surface area contributed by atoms with Gasteiger partial charge in [-0.3, -0.25) is 9.20 Å². The van der Waals surface area contributed by atoms with Gasteiger partial charge >= 0.3 is 0 Å². The summed E-state index contributed by atoms with van der Waals surface area (Å²) in [4.78, 5) is 17.1. The molecule has 0 unspecified atom stereocenters. The van der Waals surface area contributed by atoms with E-state index in [0.29, 0.717) is 30.8 Å². The number of amides is 1. The molecule has 0 aromatic carbocycles. The van der Waals surface area contributed by atoms with E-state index in [1.807, 2.05) is 13.0 Å². The van der Waals surface area contributed by atoms with Gasteiger partial charge in [-0.15, -0.1) is 10.2 Å². The van der Waals surface area contributed by atoms with Gasteiger partial charge in [0.1, 0.15) is 0 Å². The lowest BCUT2D eigenvalue weighted by Crippen LogP contribution is -2.49. The lowest BCUT2D eigenvalue weighted by atomic mass is 9.79. The van der Waals surface area contributed by atoms with Crippen LogP contribution in [0.3, 0.4) is 0 Å². The summed E-state index contributed by atoms with van der Waals surface area (Å²) in [6.45, 7) is 4.83. The molecule has 0 spiro atoms. The standard InChI is InChI=1S/C17H23N5O3/c1-11-2-6-22-15(20-21-17(22)18-11)16(23)19-14-5-9-25-10-13(14)12-3-7-24-8-4-12/h2,6,12-14H,3-5,7-10H2,1H3,(H,19,23)/t13-,14-/m1/s1. The Morgan fingerprint density at radius 3 is 2.84 bits per heavy atom. The minimum absolute atomic E-state index is 0.0927. The van der Waals surface area contributed by atoms with Crippen LogP contribution >= 0.6 is 0 Å². The first kappa shape index (κ1) is 16.4. The molecule has 1 N–H and O–H groups in total. The lowest BCUT2D eigenvalue weighted by Gasteiger charge is -2.38. The lowest BCUT2D eigenvalue weighted by molar-refractivity contribution is -0.0260. The van der Waals surface area contributed by atoms with Crippen LogP contribution in [0.2, 0.25) is 0 Å². The van der Waals surface area contributed by atoms with Crippen LogP contribution in [-0.4, -0.2) is 58.0 Å². The maximum atomic E-state index is 12.8. The number of aryl methyl sites for hydroxylation is 1. The Hall–Kier alpha value is -2.06. The van der Waals surface area contributed by atoms with Crippen molar-refractivity contribution in [2.75, 3.05) is 26.4 Å². The molecule has 2 fully saturated rings. The predicted octanol–water partition coefficient (Wildman–Crippen LogP) is 0.994. The summed E-state index contributed by atoms with van der Waals surface area (Å²) in [5, 5.41) is 11.2. The number of rotatable bonds is 3. The van der Waals surface area contributed by atoms with E-state index in [2.05, 4.69) is 20.5 Å². The van der Waals surface area contributed by atoms with Crippen molar-refractivity contribution in [2.45, 2.75) is 32.2 Å². The zero-order valence-electron chi connectivity index (χ0n) is 14.4. The number of aromatic nitrogens is 4. The Morgan fingerprint density at radius 1 is 1.20 bits per heavy atom. The Balaban J connectivity index is 1.51. The molecule has 2 saturated heterocycles. The zero-order chi connectivity index (χ0) is 17.2. The minimum Gasteiger partial charge on any atom is -0.381 e. The molecule has 2 aliphatic heterocycles. The predicted molar refractivity (Wildman–Crippen MR) is 89.2 cm³/mol. The molecular formula is C17H23N5O3. The molecule has 25 heavy (non-hydrogen) atoms. The van der Waals surface area contributed by atoms with Gasteiger partial charge < -0.3 is 14.8 Å². The molecule has 8 nitrogen and oxygen atoms in total. The van der Waals surface area contributed by atoms with E-state index < -0.39 is 0 Å². The molecule has 4 rings (SSSR count). The Bertz CT molecular complexity index is 756. The molecular weight excluding hydrogens is 322 g/mol. The maximum absolute atomic E-state index is 12.8. The van der Waals surface area contributed by atoms with Crippen LogP contribution in [0.5, 0.6) is 0 Å². The third-order valence-corrected chi connectivity index (χ3v) is 5.21. The van der Waals surface area contributed by atoms with Crippen LogP contribution in [0, 0.1) is 18.8 Å². The smallest absolute Gasteiger partial charge is 0.289 e. The molecule has 0 radical (unpaired) electrons. The highest BCUT2D eigenvalue weighted by Gasteiger charge is 2.35. The summed E-state index contributed by atoms with van der Waals surface area (Å²) in [5.41, 5.74) is 0.843. The van der Waals surface area contributed by atoms with E-state index in [1.54, 1.807) is 10.6 Å². The maximum Gasteiger partial charge on any atom is 0.289 e. The topological polar surface area (TPSA) is 90.6 Å². The second-order valence-corrected chi connectivity index (χ2v) is 6.82.